The molecule has 1 heterocycles. The Balaban J connectivity index is 2.15. The number of hydrogen-bond donors (Lipinski definition) is 0. The Labute approximate surface area is 66.9 Å². The van der Waals surface area contributed by atoms with Gasteiger partial charge in [-0.3, -0.25) is 0 Å². The van der Waals surface area contributed by atoms with Crippen LogP contribution in [0.15, 0.2) is 0 Å². The van der Waals surface area contributed by atoms with Crippen LogP contribution in [0.5, 0.6) is 0 Å². The van der Waals surface area contributed by atoms with Crippen molar-refractivity contribution in [3.63, 3.8) is 0 Å². The first kappa shape index (κ1) is 8.51. The van der Waals surface area contributed by atoms with E-state index in [9.17, 15) is 0 Å². The van der Waals surface area contributed by atoms with E-state index in [1.54, 1.807) is 7.11 Å². The Hall–Kier alpha value is -0.590. The summed E-state index contributed by atoms with van der Waals surface area (Å²) in [7, 11) is 1.65. The molecule has 0 aromatic rings. The topological polar surface area (TPSA) is 42.2 Å². The molecule has 3 nitrogen and oxygen atoms in total. The minimum absolute atomic E-state index is 0.0290. The van der Waals surface area contributed by atoms with Gasteiger partial charge in [-0.2, -0.15) is 5.26 Å². The lowest BCUT2D eigenvalue weighted by Crippen LogP contribution is -2.06. The van der Waals surface area contributed by atoms with Crippen molar-refractivity contribution in [3.05, 3.63) is 0 Å². The number of nitriles is 1. The quantitative estimate of drug-likeness (QED) is 0.617. The second kappa shape index (κ2) is 4.32. The highest BCUT2D eigenvalue weighted by Crippen LogP contribution is 2.23. The Morgan fingerprint density at radius 3 is 3.09 bits per heavy atom. The lowest BCUT2D eigenvalue weighted by molar-refractivity contribution is -0.0881. The van der Waals surface area contributed by atoms with Crippen molar-refractivity contribution in [1.29, 1.82) is 5.26 Å². The second-order valence-corrected chi connectivity index (χ2v) is 2.80. The van der Waals surface area contributed by atoms with Crippen LogP contribution < -0.4 is 0 Å². The van der Waals surface area contributed by atoms with Crippen LogP contribution in [-0.4, -0.2) is 20.0 Å². The number of nitrogens with zero attached hydrogens (tertiary/aromatic N) is 1. The Morgan fingerprint density at radius 2 is 2.55 bits per heavy atom. The summed E-state index contributed by atoms with van der Waals surface area (Å²) >= 11 is 0. The van der Waals surface area contributed by atoms with Crippen LogP contribution in [-0.2, 0) is 9.47 Å². The molecule has 1 aliphatic rings. The molecule has 62 valence electrons. The maximum absolute atomic E-state index is 8.33. The van der Waals surface area contributed by atoms with Crippen molar-refractivity contribution in [1.82, 2.24) is 0 Å². The standard InChI is InChI=1S/C8H13NO2/c1-10-8-5-7(6-11-8)3-2-4-9/h7-8H,2-3,5-6H2,1H3. The van der Waals surface area contributed by atoms with Gasteiger partial charge in [-0.15, -0.1) is 0 Å². The maximum atomic E-state index is 8.33. The largest absolute Gasteiger partial charge is 0.356 e. The second-order valence-electron chi connectivity index (χ2n) is 2.80. The summed E-state index contributed by atoms with van der Waals surface area (Å²) in [6.45, 7) is 0.750. The van der Waals surface area contributed by atoms with Gasteiger partial charge in [0.05, 0.1) is 12.7 Å². The molecule has 1 aliphatic heterocycles. The van der Waals surface area contributed by atoms with E-state index in [0.717, 1.165) is 19.4 Å². The zero-order valence-corrected chi connectivity index (χ0v) is 6.75. The van der Waals surface area contributed by atoms with Gasteiger partial charge in [0.1, 0.15) is 0 Å². The van der Waals surface area contributed by atoms with Crippen LogP contribution in [0.4, 0.5) is 0 Å². The van der Waals surface area contributed by atoms with Gasteiger partial charge in [-0.1, -0.05) is 0 Å². The molecule has 0 spiro atoms. The van der Waals surface area contributed by atoms with E-state index in [0.29, 0.717) is 12.3 Å². The van der Waals surface area contributed by atoms with E-state index in [-0.39, 0.29) is 6.29 Å². The predicted molar refractivity (Wildman–Crippen MR) is 39.7 cm³/mol. The molecule has 0 bridgehead atoms. The van der Waals surface area contributed by atoms with E-state index >= 15 is 0 Å². The average molecular weight is 155 g/mol. The van der Waals surface area contributed by atoms with Gasteiger partial charge >= 0.3 is 0 Å². The molecule has 0 amide bonds. The zero-order chi connectivity index (χ0) is 8.10. The number of rotatable bonds is 3. The molecule has 0 aliphatic carbocycles. The SMILES string of the molecule is COC1CC(CCC#N)CO1. The lowest BCUT2D eigenvalue weighted by atomic mass is 10.0. The van der Waals surface area contributed by atoms with E-state index in [4.69, 9.17) is 14.7 Å². The molecule has 11 heavy (non-hydrogen) atoms. The van der Waals surface area contributed by atoms with Gasteiger partial charge < -0.3 is 9.47 Å². The summed E-state index contributed by atoms with van der Waals surface area (Å²) in [5, 5.41) is 8.33. The van der Waals surface area contributed by atoms with Crippen LogP contribution in [0, 0.1) is 17.2 Å². The molecule has 1 rings (SSSR count). The van der Waals surface area contributed by atoms with Crippen LogP contribution in [0.2, 0.25) is 0 Å². The average Bonchev–Trinajstić information content (AvgIpc) is 2.48. The van der Waals surface area contributed by atoms with Crippen molar-refractivity contribution in [3.8, 4) is 6.07 Å². The molecule has 3 heteroatoms. The molecule has 1 fully saturated rings. The van der Waals surface area contributed by atoms with Crippen molar-refractivity contribution >= 4 is 0 Å². The molecular weight excluding hydrogens is 142 g/mol. The third-order valence-electron chi connectivity index (χ3n) is 1.97. The summed E-state index contributed by atoms with van der Waals surface area (Å²) < 4.78 is 10.3. The van der Waals surface area contributed by atoms with Gasteiger partial charge in [0.25, 0.3) is 0 Å². The van der Waals surface area contributed by atoms with Gasteiger partial charge in [0, 0.05) is 20.0 Å². The monoisotopic (exact) mass is 155 g/mol. The normalized spacial score (nSPS) is 30.2. The van der Waals surface area contributed by atoms with Crippen LogP contribution in [0.25, 0.3) is 0 Å². The highest BCUT2D eigenvalue weighted by Gasteiger charge is 2.24. The highest BCUT2D eigenvalue weighted by molar-refractivity contribution is 4.75. The van der Waals surface area contributed by atoms with Crippen LogP contribution in [0.1, 0.15) is 19.3 Å². The maximum Gasteiger partial charge on any atom is 0.157 e. The predicted octanol–water partition coefficient (Wildman–Crippen LogP) is 1.30. The number of methoxy groups -OCH3 is 1. The van der Waals surface area contributed by atoms with E-state index in [1.807, 2.05) is 0 Å². The summed E-state index contributed by atoms with van der Waals surface area (Å²) in [5.41, 5.74) is 0. The van der Waals surface area contributed by atoms with Crippen molar-refractivity contribution in [2.24, 2.45) is 5.92 Å². The van der Waals surface area contributed by atoms with Gasteiger partial charge in [-0.25, -0.2) is 0 Å². The third kappa shape index (κ3) is 2.49. The molecule has 1 saturated heterocycles. The Morgan fingerprint density at radius 1 is 1.73 bits per heavy atom. The minimum atomic E-state index is -0.0290. The van der Waals surface area contributed by atoms with E-state index < -0.39 is 0 Å². The van der Waals surface area contributed by atoms with Crippen molar-refractivity contribution < 1.29 is 9.47 Å². The zero-order valence-electron chi connectivity index (χ0n) is 6.75. The molecule has 0 saturated carbocycles. The highest BCUT2D eigenvalue weighted by atomic mass is 16.7. The third-order valence-corrected chi connectivity index (χ3v) is 1.97. The molecular formula is C8H13NO2. The van der Waals surface area contributed by atoms with E-state index in [1.165, 1.54) is 0 Å². The lowest BCUT2D eigenvalue weighted by Gasteiger charge is -2.04. The Bertz CT molecular complexity index is 153. The summed E-state index contributed by atoms with van der Waals surface area (Å²) in [5.74, 6) is 0.527. The van der Waals surface area contributed by atoms with Crippen molar-refractivity contribution in [2.75, 3.05) is 13.7 Å². The van der Waals surface area contributed by atoms with Gasteiger partial charge in [0.2, 0.25) is 0 Å². The molecule has 0 radical (unpaired) electrons. The molecule has 2 atom stereocenters. The van der Waals surface area contributed by atoms with Crippen LogP contribution in [0.3, 0.4) is 0 Å². The summed E-state index contributed by atoms with van der Waals surface area (Å²) in [6, 6.07) is 2.13. The fourth-order valence-electron chi connectivity index (χ4n) is 1.29. The van der Waals surface area contributed by atoms with Crippen LogP contribution >= 0.6 is 0 Å². The first-order valence-corrected chi connectivity index (χ1v) is 3.88. The van der Waals surface area contributed by atoms with Crippen molar-refractivity contribution in [2.45, 2.75) is 25.6 Å². The number of ether oxygens (including phenoxy) is 2. The Kier molecular flexibility index (Phi) is 3.34. The molecule has 2 unspecified atom stereocenters. The number of hydrogen-bond acceptors (Lipinski definition) is 3. The molecule has 0 aromatic heterocycles. The molecule has 0 N–H and O–H groups in total. The fourth-order valence-corrected chi connectivity index (χ4v) is 1.29. The first-order chi connectivity index (χ1) is 5.36. The first-order valence-electron chi connectivity index (χ1n) is 3.88. The molecule has 0 aromatic carbocycles. The van der Waals surface area contributed by atoms with Gasteiger partial charge in [0.15, 0.2) is 6.29 Å². The minimum Gasteiger partial charge on any atom is -0.356 e. The van der Waals surface area contributed by atoms with E-state index in [2.05, 4.69) is 6.07 Å². The summed E-state index contributed by atoms with van der Waals surface area (Å²) in [4.78, 5) is 0. The smallest absolute Gasteiger partial charge is 0.157 e. The van der Waals surface area contributed by atoms with Gasteiger partial charge in [-0.05, 0) is 12.3 Å². The summed E-state index contributed by atoms with van der Waals surface area (Å²) in [6.07, 6.45) is 2.48. The fraction of sp³-hybridized carbons (Fsp3) is 0.875.